The summed E-state index contributed by atoms with van der Waals surface area (Å²) in [5.74, 6) is -2.43. The molecule has 1 aliphatic rings. The molecule has 3 amide bonds. The van der Waals surface area contributed by atoms with Crippen LogP contribution in [0.3, 0.4) is 0 Å². The number of imide groups is 1. The number of nitrogens with zero attached hydrogens (tertiary/aromatic N) is 1. The number of anilines is 1. The van der Waals surface area contributed by atoms with Crippen LogP contribution < -0.4 is 5.32 Å². The number of hydrogen-bond donors (Lipinski definition) is 1. The Hall–Kier alpha value is -3.48. The van der Waals surface area contributed by atoms with Crippen molar-refractivity contribution in [2.75, 3.05) is 11.9 Å². The van der Waals surface area contributed by atoms with Crippen LogP contribution >= 0.6 is 0 Å². The highest BCUT2D eigenvalue weighted by Gasteiger charge is 2.37. The summed E-state index contributed by atoms with van der Waals surface area (Å²) in [4.78, 5) is 49.9. The molecule has 2 aromatic carbocycles. The minimum atomic E-state index is -1.08. The lowest BCUT2D eigenvalue weighted by Gasteiger charge is -2.17. The third-order valence-corrected chi connectivity index (χ3v) is 4.48. The summed E-state index contributed by atoms with van der Waals surface area (Å²) in [6.07, 6.45) is -1.08. The molecule has 0 radical (unpaired) electrons. The molecule has 0 saturated carbocycles. The van der Waals surface area contributed by atoms with Crippen molar-refractivity contribution in [1.29, 1.82) is 0 Å². The summed E-state index contributed by atoms with van der Waals surface area (Å²) in [5, 5.41) is 2.70. The molecular weight excluding hydrogens is 360 g/mol. The van der Waals surface area contributed by atoms with Crippen molar-refractivity contribution in [2.24, 2.45) is 0 Å². The fourth-order valence-electron chi connectivity index (χ4n) is 2.99. The van der Waals surface area contributed by atoms with Crippen LogP contribution in [-0.2, 0) is 14.3 Å². The van der Waals surface area contributed by atoms with Crippen LogP contribution in [-0.4, -0.2) is 41.2 Å². The number of esters is 1. The smallest absolute Gasteiger partial charge is 0.326 e. The number of hydrogen-bond acceptors (Lipinski definition) is 5. The third-order valence-electron chi connectivity index (χ3n) is 4.48. The first-order chi connectivity index (χ1) is 13.3. The van der Waals surface area contributed by atoms with E-state index in [2.05, 4.69) is 5.32 Å². The molecule has 1 atom stereocenters. The van der Waals surface area contributed by atoms with Gasteiger partial charge in [0.15, 0.2) is 6.10 Å². The van der Waals surface area contributed by atoms with E-state index >= 15 is 0 Å². The van der Waals surface area contributed by atoms with Gasteiger partial charge in [0.1, 0.15) is 6.54 Å². The molecule has 0 aromatic heterocycles. The third kappa shape index (κ3) is 3.78. The van der Waals surface area contributed by atoms with Crippen molar-refractivity contribution in [3.05, 3.63) is 64.7 Å². The van der Waals surface area contributed by atoms with Gasteiger partial charge in [0, 0.05) is 5.69 Å². The number of carbonyl (C=O) groups excluding carboxylic acids is 4. The van der Waals surface area contributed by atoms with Crippen LogP contribution in [0.1, 0.15) is 38.8 Å². The molecule has 7 heteroatoms. The Bertz CT molecular complexity index is 948. The molecule has 0 fully saturated rings. The maximum atomic E-state index is 12.3. The first-order valence-electron chi connectivity index (χ1n) is 8.80. The molecule has 7 nitrogen and oxygen atoms in total. The highest BCUT2D eigenvalue weighted by atomic mass is 16.5. The van der Waals surface area contributed by atoms with E-state index in [1.807, 2.05) is 26.0 Å². The van der Waals surface area contributed by atoms with E-state index in [9.17, 15) is 19.2 Å². The SMILES string of the molecule is Cc1ccc(NC(=O)[C@H](C)OC(=O)CN2C(=O)c3ccccc3C2=O)c(C)c1. The molecule has 3 rings (SSSR count). The number of ether oxygens (including phenoxy) is 1. The first kappa shape index (κ1) is 19.3. The predicted molar refractivity (Wildman–Crippen MR) is 102 cm³/mol. The van der Waals surface area contributed by atoms with Crippen LogP contribution in [0.15, 0.2) is 42.5 Å². The van der Waals surface area contributed by atoms with Gasteiger partial charge in [-0.15, -0.1) is 0 Å². The lowest BCUT2D eigenvalue weighted by Crippen LogP contribution is -2.38. The molecule has 0 bridgehead atoms. The average Bonchev–Trinajstić information content (AvgIpc) is 2.89. The first-order valence-corrected chi connectivity index (χ1v) is 8.80. The van der Waals surface area contributed by atoms with Gasteiger partial charge in [-0.25, -0.2) is 0 Å². The molecule has 0 unspecified atom stereocenters. The van der Waals surface area contributed by atoms with E-state index in [4.69, 9.17) is 4.74 Å². The number of nitrogens with one attached hydrogen (secondary N) is 1. The zero-order chi connectivity index (χ0) is 20.4. The van der Waals surface area contributed by atoms with Crippen molar-refractivity contribution in [2.45, 2.75) is 26.9 Å². The highest BCUT2D eigenvalue weighted by Crippen LogP contribution is 2.22. The molecule has 1 N–H and O–H groups in total. The molecule has 1 aliphatic heterocycles. The van der Waals surface area contributed by atoms with Crippen molar-refractivity contribution >= 4 is 29.4 Å². The van der Waals surface area contributed by atoms with Gasteiger partial charge in [-0.3, -0.25) is 24.1 Å². The zero-order valence-corrected chi connectivity index (χ0v) is 15.8. The number of carbonyl (C=O) groups is 4. The molecule has 144 valence electrons. The maximum absolute atomic E-state index is 12.3. The Kier molecular flexibility index (Phi) is 5.26. The van der Waals surface area contributed by atoms with Crippen molar-refractivity contribution in [3.63, 3.8) is 0 Å². The largest absolute Gasteiger partial charge is 0.451 e. The van der Waals surface area contributed by atoms with E-state index in [0.717, 1.165) is 16.0 Å². The van der Waals surface area contributed by atoms with Gasteiger partial charge in [0.2, 0.25) is 0 Å². The number of rotatable bonds is 5. The topological polar surface area (TPSA) is 92.8 Å². The van der Waals surface area contributed by atoms with Crippen molar-refractivity contribution in [3.8, 4) is 0 Å². The normalized spacial score (nSPS) is 13.9. The standard InChI is InChI=1S/C21H20N2O5/c1-12-8-9-17(13(2)10-12)22-19(25)14(3)28-18(24)11-23-20(26)15-6-4-5-7-16(15)21(23)27/h4-10,14H,11H2,1-3H3,(H,22,25)/t14-/m0/s1. The molecular formula is C21H20N2O5. The Morgan fingerprint density at radius 2 is 1.64 bits per heavy atom. The van der Waals surface area contributed by atoms with Gasteiger partial charge in [-0.1, -0.05) is 29.8 Å². The van der Waals surface area contributed by atoms with Gasteiger partial charge in [-0.05, 0) is 44.5 Å². The molecule has 0 spiro atoms. The highest BCUT2D eigenvalue weighted by molar-refractivity contribution is 6.22. The Morgan fingerprint density at radius 3 is 2.21 bits per heavy atom. The van der Waals surface area contributed by atoms with Crippen molar-refractivity contribution in [1.82, 2.24) is 4.90 Å². The Balaban J connectivity index is 1.59. The van der Waals surface area contributed by atoms with E-state index in [-0.39, 0.29) is 11.1 Å². The molecule has 0 aliphatic carbocycles. The Morgan fingerprint density at radius 1 is 1.04 bits per heavy atom. The van der Waals surface area contributed by atoms with E-state index in [1.165, 1.54) is 19.1 Å². The summed E-state index contributed by atoms with van der Waals surface area (Å²) in [7, 11) is 0. The van der Waals surface area contributed by atoms with E-state index < -0.39 is 36.3 Å². The lowest BCUT2D eigenvalue weighted by molar-refractivity contribution is -0.153. The summed E-state index contributed by atoms with van der Waals surface area (Å²) in [5.41, 5.74) is 3.08. The number of benzene rings is 2. The van der Waals surface area contributed by atoms with Gasteiger partial charge >= 0.3 is 5.97 Å². The van der Waals surface area contributed by atoms with Crippen LogP contribution in [0.25, 0.3) is 0 Å². The van der Waals surface area contributed by atoms with Gasteiger partial charge < -0.3 is 10.1 Å². The van der Waals surface area contributed by atoms with E-state index in [1.54, 1.807) is 18.2 Å². The zero-order valence-electron chi connectivity index (χ0n) is 15.8. The molecule has 1 heterocycles. The van der Waals surface area contributed by atoms with Crippen LogP contribution in [0, 0.1) is 13.8 Å². The minimum Gasteiger partial charge on any atom is -0.451 e. The number of amides is 3. The second-order valence-electron chi connectivity index (χ2n) is 6.68. The lowest BCUT2D eigenvalue weighted by atomic mass is 10.1. The van der Waals surface area contributed by atoms with Gasteiger partial charge in [-0.2, -0.15) is 0 Å². The maximum Gasteiger partial charge on any atom is 0.326 e. The van der Waals surface area contributed by atoms with Crippen LogP contribution in [0.4, 0.5) is 5.69 Å². The van der Waals surface area contributed by atoms with E-state index in [0.29, 0.717) is 5.69 Å². The van der Waals surface area contributed by atoms with Gasteiger partial charge in [0.25, 0.3) is 17.7 Å². The average molecular weight is 380 g/mol. The number of aryl methyl sites for hydroxylation is 2. The molecule has 0 saturated heterocycles. The van der Waals surface area contributed by atoms with Crippen molar-refractivity contribution < 1.29 is 23.9 Å². The summed E-state index contributed by atoms with van der Waals surface area (Å²) in [6, 6.07) is 11.9. The predicted octanol–water partition coefficient (Wildman–Crippen LogP) is 2.47. The summed E-state index contributed by atoms with van der Waals surface area (Å²) < 4.78 is 5.11. The second-order valence-corrected chi connectivity index (χ2v) is 6.68. The number of fused-ring (bicyclic) bond motifs is 1. The molecule has 28 heavy (non-hydrogen) atoms. The second kappa shape index (κ2) is 7.64. The minimum absolute atomic E-state index is 0.251. The molecule has 2 aromatic rings. The summed E-state index contributed by atoms with van der Waals surface area (Å²) in [6.45, 7) is 4.69. The summed E-state index contributed by atoms with van der Waals surface area (Å²) >= 11 is 0. The van der Waals surface area contributed by atoms with Gasteiger partial charge in [0.05, 0.1) is 11.1 Å². The monoisotopic (exact) mass is 380 g/mol. The van der Waals surface area contributed by atoms with Crippen LogP contribution in [0.5, 0.6) is 0 Å². The Labute approximate surface area is 162 Å². The van der Waals surface area contributed by atoms with Crippen LogP contribution in [0.2, 0.25) is 0 Å². The quantitative estimate of drug-likeness (QED) is 0.635. The fourth-order valence-corrected chi connectivity index (χ4v) is 2.99. The fraction of sp³-hybridized carbons (Fsp3) is 0.238.